The molecule has 0 aliphatic rings. The van der Waals surface area contributed by atoms with E-state index in [9.17, 15) is 28.1 Å². The number of rotatable bonds is 8. The van der Waals surface area contributed by atoms with Crippen molar-refractivity contribution in [1.82, 2.24) is 15.1 Å². The average Bonchev–Trinajstić information content (AvgIpc) is 3.03. The Bertz CT molecular complexity index is 776. The predicted molar refractivity (Wildman–Crippen MR) is 83.4 cm³/mol. The van der Waals surface area contributed by atoms with Crippen LogP contribution in [-0.4, -0.2) is 39.9 Å². The summed E-state index contributed by atoms with van der Waals surface area (Å²) in [4.78, 5) is 22.0. The molecule has 0 saturated heterocycles. The van der Waals surface area contributed by atoms with Crippen LogP contribution in [0.2, 0.25) is 0 Å². The van der Waals surface area contributed by atoms with Crippen molar-refractivity contribution in [3.8, 4) is 0 Å². The second-order valence-electron chi connectivity index (χ2n) is 5.28. The Labute approximate surface area is 145 Å². The van der Waals surface area contributed by atoms with Gasteiger partial charge in [0.05, 0.1) is 18.1 Å². The SMILES string of the molecule is O=C(NCCn1cc([N+](=O)[O-])cn1)c1cccc(COCC(F)(F)F)c1. The first-order valence-corrected chi connectivity index (χ1v) is 7.43. The summed E-state index contributed by atoms with van der Waals surface area (Å²) in [6.07, 6.45) is -2.06. The molecule has 1 heterocycles. The van der Waals surface area contributed by atoms with E-state index in [1.807, 2.05) is 0 Å². The molecule has 2 aromatic rings. The molecule has 0 fully saturated rings. The largest absolute Gasteiger partial charge is 0.411 e. The maximum Gasteiger partial charge on any atom is 0.411 e. The van der Waals surface area contributed by atoms with Crippen molar-refractivity contribution in [2.45, 2.75) is 19.3 Å². The van der Waals surface area contributed by atoms with E-state index in [1.54, 1.807) is 6.07 Å². The van der Waals surface area contributed by atoms with E-state index in [4.69, 9.17) is 0 Å². The number of hydrogen-bond donors (Lipinski definition) is 1. The summed E-state index contributed by atoms with van der Waals surface area (Å²) in [5.74, 6) is -0.427. The van der Waals surface area contributed by atoms with E-state index in [-0.39, 0.29) is 30.9 Å². The van der Waals surface area contributed by atoms with Crippen LogP contribution in [0.1, 0.15) is 15.9 Å². The van der Waals surface area contributed by atoms with Gasteiger partial charge in [0, 0.05) is 12.1 Å². The Hall–Kier alpha value is -2.95. The second-order valence-corrected chi connectivity index (χ2v) is 5.28. The van der Waals surface area contributed by atoms with Crippen molar-refractivity contribution in [2.75, 3.05) is 13.2 Å². The topological polar surface area (TPSA) is 99.3 Å². The van der Waals surface area contributed by atoms with Gasteiger partial charge in [-0.2, -0.15) is 18.3 Å². The van der Waals surface area contributed by atoms with Crippen LogP contribution in [0.5, 0.6) is 0 Å². The number of amides is 1. The smallest absolute Gasteiger partial charge is 0.367 e. The Morgan fingerprint density at radius 3 is 2.81 bits per heavy atom. The first-order chi connectivity index (χ1) is 12.2. The van der Waals surface area contributed by atoms with Crippen molar-refractivity contribution in [3.63, 3.8) is 0 Å². The molecule has 0 spiro atoms. The molecule has 2 rings (SSSR count). The lowest BCUT2D eigenvalue weighted by atomic mass is 10.1. The van der Waals surface area contributed by atoms with E-state index < -0.39 is 23.6 Å². The number of benzene rings is 1. The summed E-state index contributed by atoms with van der Waals surface area (Å²) >= 11 is 0. The molecular weight excluding hydrogens is 357 g/mol. The van der Waals surface area contributed by atoms with Crippen molar-refractivity contribution in [1.29, 1.82) is 0 Å². The zero-order valence-electron chi connectivity index (χ0n) is 13.4. The standard InChI is InChI=1S/C15H15F3N4O4/c16-15(17,18)10-26-9-11-2-1-3-12(6-11)14(23)19-4-5-21-8-13(7-20-21)22(24)25/h1-3,6-8H,4-5,9-10H2,(H,19,23). The monoisotopic (exact) mass is 372 g/mol. The van der Waals surface area contributed by atoms with E-state index in [1.165, 1.54) is 29.1 Å². The van der Waals surface area contributed by atoms with Gasteiger partial charge in [0.1, 0.15) is 19.0 Å². The summed E-state index contributed by atoms with van der Waals surface area (Å²) < 4.78 is 42.0. The zero-order valence-corrected chi connectivity index (χ0v) is 13.4. The van der Waals surface area contributed by atoms with E-state index in [0.29, 0.717) is 5.56 Å². The second kappa shape index (κ2) is 8.43. The fourth-order valence-corrected chi connectivity index (χ4v) is 2.04. The number of carbonyl (C=O) groups is 1. The lowest BCUT2D eigenvalue weighted by molar-refractivity contribution is -0.385. The lowest BCUT2D eigenvalue weighted by Crippen LogP contribution is -2.27. The molecule has 1 aromatic heterocycles. The van der Waals surface area contributed by atoms with Crippen molar-refractivity contribution in [3.05, 3.63) is 57.9 Å². The number of ether oxygens (including phenoxy) is 1. The highest BCUT2D eigenvalue weighted by atomic mass is 19.4. The van der Waals surface area contributed by atoms with Gasteiger partial charge in [0.25, 0.3) is 5.91 Å². The zero-order chi connectivity index (χ0) is 19.2. The van der Waals surface area contributed by atoms with Crippen molar-refractivity contribution >= 4 is 11.6 Å². The van der Waals surface area contributed by atoms with Gasteiger partial charge in [-0.25, -0.2) is 0 Å². The van der Waals surface area contributed by atoms with Gasteiger partial charge in [-0.05, 0) is 17.7 Å². The molecule has 26 heavy (non-hydrogen) atoms. The van der Waals surface area contributed by atoms with Crippen molar-refractivity contribution < 1.29 is 27.6 Å². The number of alkyl halides is 3. The predicted octanol–water partition coefficient (Wildman–Crippen LogP) is 2.30. The van der Waals surface area contributed by atoms with E-state index >= 15 is 0 Å². The van der Waals surface area contributed by atoms with Crippen LogP contribution < -0.4 is 5.32 Å². The van der Waals surface area contributed by atoms with Gasteiger partial charge >= 0.3 is 11.9 Å². The van der Waals surface area contributed by atoms with Gasteiger partial charge in [0.15, 0.2) is 0 Å². The maximum atomic E-state index is 12.1. The molecular formula is C15H15F3N4O4. The fraction of sp³-hybridized carbons (Fsp3) is 0.333. The van der Waals surface area contributed by atoms with Crippen LogP contribution in [0, 0.1) is 10.1 Å². The number of aromatic nitrogens is 2. The third-order valence-electron chi connectivity index (χ3n) is 3.18. The molecule has 0 bridgehead atoms. The van der Waals surface area contributed by atoms with Crippen LogP contribution >= 0.6 is 0 Å². The molecule has 1 aromatic carbocycles. The highest BCUT2D eigenvalue weighted by Crippen LogP contribution is 2.16. The molecule has 0 aliphatic heterocycles. The summed E-state index contributed by atoms with van der Waals surface area (Å²) in [6, 6.07) is 6.04. The molecule has 1 N–H and O–H groups in total. The van der Waals surface area contributed by atoms with E-state index in [0.717, 1.165) is 6.20 Å². The normalized spacial score (nSPS) is 11.3. The number of nitro groups is 1. The van der Waals surface area contributed by atoms with Gasteiger partial charge < -0.3 is 10.1 Å². The van der Waals surface area contributed by atoms with Gasteiger partial charge in [-0.15, -0.1) is 0 Å². The summed E-state index contributed by atoms with van der Waals surface area (Å²) in [5.41, 5.74) is 0.553. The number of hydrogen-bond acceptors (Lipinski definition) is 5. The highest BCUT2D eigenvalue weighted by Gasteiger charge is 2.27. The van der Waals surface area contributed by atoms with Gasteiger partial charge in [-0.3, -0.25) is 19.6 Å². The Kier molecular flexibility index (Phi) is 6.28. The average molecular weight is 372 g/mol. The van der Waals surface area contributed by atoms with Gasteiger partial charge in [-0.1, -0.05) is 12.1 Å². The molecule has 140 valence electrons. The van der Waals surface area contributed by atoms with Crippen LogP contribution in [0.25, 0.3) is 0 Å². The Balaban J connectivity index is 1.83. The lowest BCUT2D eigenvalue weighted by Gasteiger charge is -2.09. The Morgan fingerprint density at radius 1 is 1.38 bits per heavy atom. The fourth-order valence-electron chi connectivity index (χ4n) is 2.04. The van der Waals surface area contributed by atoms with Gasteiger partial charge in [0.2, 0.25) is 0 Å². The molecule has 8 nitrogen and oxygen atoms in total. The summed E-state index contributed by atoms with van der Waals surface area (Å²) in [7, 11) is 0. The minimum absolute atomic E-state index is 0.150. The Morgan fingerprint density at radius 2 is 2.15 bits per heavy atom. The van der Waals surface area contributed by atoms with Crippen LogP contribution in [0.3, 0.4) is 0 Å². The molecule has 0 saturated carbocycles. The molecule has 11 heteroatoms. The van der Waals surface area contributed by atoms with Crippen LogP contribution in [0.15, 0.2) is 36.7 Å². The number of halogens is 3. The third-order valence-corrected chi connectivity index (χ3v) is 3.18. The minimum Gasteiger partial charge on any atom is -0.367 e. The summed E-state index contributed by atoms with van der Waals surface area (Å²) in [6.45, 7) is -1.22. The molecule has 1 amide bonds. The highest BCUT2D eigenvalue weighted by molar-refractivity contribution is 5.94. The number of carbonyl (C=O) groups excluding carboxylic acids is 1. The number of nitrogens with one attached hydrogen (secondary N) is 1. The molecule has 0 atom stereocenters. The molecule has 0 aliphatic carbocycles. The number of nitrogens with zero attached hydrogens (tertiary/aromatic N) is 3. The van der Waals surface area contributed by atoms with E-state index in [2.05, 4.69) is 15.2 Å². The minimum atomic E-state index is -4.41. The quantitative estimate of drug-likeness (QED) is 0.566. The first kappa shape index (κ1) is 19.4. The van der Waals surface area contributed by atoms with Crippen molar-refractivity contribution in [2.24, 2.45) is 0 Å². The van der Waals surface area contributed by atoms with Crippen LogP contribution in [0.4, 0.5) is 18.9 Å². The molecule has 0 unspecified atom stereocenters. The molecule has 0 radical (unpaired) electrons. The summed E-state index contributed by atoms with van der Waals surface area (Å²) in [5, 5.41) is 16.9. The first-order valence-electron chi connectivity index (χ1n) is 7.43. The maximum absolute atomic E-state index is 12.1. The third kappa shape index (κ3) is 6.16. The van der Waals surface area contributed by atoms with Crippen LogP contribution in [-0.2, 0) is 17.9 Å².